The molecule has 0 spiro atoms. The van der Waals surface area contributed by atoms with Gasteiger partial charge >= 0.3 is 6.03 Å². The minimum atomic E-state index is -0.143. The normalized spacial score (nSPS) is 15.4. The van der Waals surface area contributed by atoms with Crippen LogP contribution in [0, 0.1) is 5.92 Å². The predicted molar refractivity (Wildman–Crippen MR) is 117 cm³/mol. The van der Waals surface area contributed by atoms with Crippen molar-refractivity contribution in [1.82, 2.24) is 10.2 Å². The molecule has 7 nitrogen and oxygen atoms in total. The van der Waals surface area contributed by atoms with Gasteiger partial charge in [-0.05, 0) is 48.2 Å². The number of amides is 2. The van der Waals surface area contributed by atoms with Crippen molar-refractivity contribution in [3.63, 3.8) is 0 Å². The molecule has 0 saturated heterocycles. The van der Waals surface area contributed by atoms with E-state index in [1.165, 1.54) is 0 Å². The Morgan fingerprint density at radius 1 is 0.968 bits per heavy atom. The summed E-state index contributed by atoms with van der Waals surface area (Å²) in [6, 6.07) is 11.5. The number of rotatable bonds is 6. The van der Waals surface area contributed by atoms with E-state index in [1.54, 1.807) is 4.90 Å². The maximum absolute atomic E-state index is 13.1. The van der Waals surface area contributed by atoms with E-state index in [-0.39, 0.29) is 24.8 Å². The van der Waals surface area contributed by atoms with E-state index in [1.807, 2.05) is 43.3 Å². The third kappa shape index (κ3) is 4.81. The Hall–Kier alpha value is -3.09. The molecule has 2 amide bonds. The first-order chi connectivity index (χ1) is 15.0. The maximum atomic E-state index is 13.1. The Balaban J connectivity index is 1.48. The van der Waals surface area contributed by atoms with Gasteiger partial charge in [0.2, 0.25) is 6.79 Å². The monoisotopic (exact) mass is 426 g/mol. The topological polar surface area (TPSA) is 69.3 Å². The molecule has 0 aromatic heterocycles. The van der Waals surface area contributed by atoms with Gasteiger partial charge < -0.3 is 29.2 Å². The number of carbonyl (C=O) groups excluding carboxylic acids is 1. The van der Waals surface area contributed by atoms with Crippen molar-refractivity contribution in [2.45, 2.75) is 39.8 Å². The quantitative estimate of drug-likeness (QED) is 0.736. The third-order valence-corrected chi connectivity index (χ3v) is 5.56. The summed E-state index contributed by atoms with van der Waals surface area (Å²) < 4.78 is 22.4. The van der Waals surface area contributed by atoms with E-state index in [0.29, 0.717) is 26.3 Å². The van der Waals surface area contributed by atoms with Gasteiger partial charge in [0.1, 0.15) is 0 Å². The highest BCUT2D eigenvalue weighted by molar-refractivity contribution is 5.75. The van der Waals surface area contributed by atoms with Crippen LogP contribution in [0.15, 0.2) is 36.4 Å². The van der Waals surface area contributed by atoms with E-state index in [9.17, 15) is 4.79 Å². The Morgan fingerprint density at radius 3 is 2.42 bits per heavy atom. The molecule has 2 aromatic rings. The number of benzene rings is 2. The lowest BCUT2D eigenvalue weighted by atomic mass is 9.95. The number of fused-ring (bicyclic) bond motifs is 2. The van der Waals surface area contributed by atoms with Crippen LogP contribution in [0.5, 0.6) is 23.0 Å². The first-order valence-electron chi connectivity index (χ1n) is 10.9. The van der Waals surface area contributed by atoms with Crippen molar-refractivity contribution in [2.75, 3.05) is 26.6 Å². The zero-order valence-corrected chi connectivity index (χ0v) is 18.3. The molecule has 0 bridgehead atoms. The van der Waals surface area contributed by atoms with Crippen LogP contribution in [0.3, 0.4) is 0 Å². The molecule has 4 rings (SSSR count). The van der Waals surface area contributed by atoms with Gasteiger partial charge in [0, 0.05) is 19.5 Å². The summed E-state index contributed by atoms with van der Waals surface area (Å²) in [4.78, 5) is 14.9. The van der Waals surface area contributed by atoms with Crippen molar-refractivity contribution in [2.24, 2.45) is 5.92 Å². The van der Waals surface area contributed by atoms with E-state index in [4.69, 9.17) is 18.9 Å². The molecule has 2 heterocycles. The second kappa shape index (κ2) is 9.37. The molecule has 1 atom stereocenters. The Bertz CT molecular complexity index is 930. The molecule has 0 aliphatic carbocycles. The second-order valence-corrected chi connectivity index (χ2v) is 8.13. The number of carbonyl (C=O) groups is 1. The summed E-state index contributed by atoms with van der Waals surface area (Å²) in [6.45, 7) is 8.78. The summed E-state index contributed by atoms with van der Waals surface area (Å²) >= 11 is 0. The molecular weight excluding hydrogens is 396 g/mol. The van der Waals surface area contributed by atoms with E-state index in [2.05, 4.69) is 19.2 Å². The minimum Gasteiger partial charge on any atom is -0.490 e. The molecular formula is C24H30N2O5. The summed E-state index contributed by atoms with van der Waals surface area (Å²) in [5, 5.41) is 3.21. The Kier molecular flexibility index (Phi) is 6.39. The second-order valence-electron chi connectivity index (χ2n) is 8.13. The summed E-state index contributed by atoms with van der Waals surface area (Å²) in [7, 11) is 0. The van der Waals surface area contributed by atoms with Gasteiger partial charge in [-0.2, -0.15) is 0 Å². The smallest absolute Gasteiger partial charge is 0.318 e. The van der Waals surface area contributed by atoms with Crippen molar-refractivity contribution >= 4 is 6.03 Å². The third-order valence-electron chi connectivity index (χ3n) is 5.56. The van der Waals surface area contributed by atoms with E-state index in [0.717, 1.165) is 40.5 Å². The number of nitrogens with zero attached hydrogens (tertiary/aromatic N) is 1. The molecule has 7 heteroatoms. The van der Waals surface area contributed by atoms with Crippen molar-refractivity contribution < 1.29 is 23.7 Å². The van der Waals surface area contributed by atoms with Gasteiger partial charge in [-0.15, -0.1) is 0 Å². The molecule has 1 N–H and O–H groups in total. The highest BCUT2D eigenvalue weighted by atomic mass is 16.7. The first kappa shape index (κ1) is 21.2. The summed E-state index contributed by atoms with van der Waals surface area (Å²) in [5.41, 5.74) is 2.00. The fourth-order valence-electron chi connectivity index (χ4n) is 3.82. The molecule has 0 saturated carbocycles. The lowest BCUT2D eigenvalue weighted by Crippen LogP contribution is -2.42. The SMILES string of the molecule is CCN(Cc1ccc2c(c1)OCO2)C(=O)N[C@H](c1ccc2c(c1)OCCCO2)C(C)C. The molecule has 31 heavy (non-hydrogen) atoms. The first-order valence-corrected chi connectivity index (χ1v) is 10.9. The van der Waals surface area contributed by atoms with Gasteiger partial charge in [-0.1, -0.05) is 26.0 Å². The molecule has 0 fully saturated rings. The molecule has 166 valence electrons. The van der Waals surface area contributed by atoms with Gasteiger partial charge in [0.05, 0.1) is 19.3 Å². The Morgan fingerprint density at radius 2 is 1.65 bits per heavy atom. The molecule has 0 unspecified atom stereocenters. The minimum absolute atomic E-state index is 0.106. The van der Waals surface area contributed by atoms with Crippen LogP contribution in [-0.4, -0.2) is 37.5 Å². The van der Waals surface area contributed by atoms with Crippen LogP contribution in [0.1, 0.15) is 44.4 Å². The lowest BCUT2D eigenvalue weighted by Gasteiger charge is -2.28. The van der Waals surface area contributed by atoms with Crippen molar-refractivity contribution in [3.8, 4) is 23.0 Å². The largest absolute Gasteiger partial charge is 0.490 e. The van der Waals surface area contributed by atoms with Gasteiger partial charge in [-0.3, -0.25) is 0 Å². The molecule has 2 aliphatic rings. The molecule has 2 aliphatic heterocycles. The summed E-state index contributed by atoms with van der Waals surface area (Å²) in [6.07, 6.45) is 0.861. The van der Waals surface area contributed by atoms with Crippen LogP contribution in [0.25, 0.3) is 0 Å². The van der Waals surface area contributed by atoms with Crippen molar-refractivity contribution in [3.05, 3.63) is 47.5 Å². The van der Waals surface area contributed by atoms with Crippen LogP contribution in [0.2, 0.25) is 0 Å². The number of hydrogen-bond acceptors (Lipinski definition) is 5. The lowest BCUT2D eigenvalue weighted by molar-refractivity contribution is 0.173. The molecule has 0 radical (unpaired) electrons. The van der Waals surface area contributed by atoms with Crippen LogP contribution < -0.4 is 24.3 Å². The zero-order valence-electron chi connectivity index (χ0n) is 18.3. The maximum Gasteiger partial charge on any atom is 0.318 e. The average Bonchev–Trinajstić information content (AvgIpc) is 3.11. The number of ether oxygens (including phenoxy) is 4. The number of hydrogen-bond donors (Lipinski definition) is 1. The summed E-state index contributed by atoms with van der Waals surface area (Å²) in [5.74, 6) is 3.17. The molecule has 2 aromatic carbocycles. The van der Waals surface area contributed by atoms with Gasteiger partial charge in [-0.25, -0.2) is 4.79 Å². The van der Waals surface area contributed by atoms with Gasteiger partial charge in [0.25, 0.3) is 0 Å². The fourth-order valence-corrected chi connectivity index (χ4v) is 3.82. The average molecular weight is 427 g/mol. The number of nitrogens with one attached hydrogen (secondary N) is 1. The van der Waals surface area contributed by atoms with Crippen LogP contribution in [-0.2, 0) is 6.54 Å². The predicted octanol–water partition coefficient (Wildman–Crippen LogP) is 4.51. The highest BCUT2D eigenvalue weighted by Gasteiger charge is 2.24. The van der Waals surface area contributed by atoms with Crippen LogP contribution >= 0.6 is 0 Å². The van der Waals surface area contributed by atoms with Crippen LogP contribution in [0.4, 0.5) is 4.79 Å². The van der Waals surface area contributed by atoms with E-state index < -0.39 is 0 Å². The zero-order chi connectivity index (χ0) is 21.8. The van der Waals surface area contributed by atoms with Crippen molar-refractivity contribution in [1.29, 1.82) is 0 Å². The Labute approximate surface area is 183 Å². The number of urea groups is 1. The highest BCUT2D eigenvalue weighted by Crippen LogP contribution is 2.35. The fraction of sp³-hybridized carbons (Fsp3) is 0.458. The van der Waals surface area contributed by atoms with Gasteiger partial charge in [0.15, 0.2) is 23.0 Å². The van der Waals surface area contributed by atoms with E-state index >= 15 is 0 Å². The standard InChI is InChI=1S/C24H30N2O5/c1-4-26(14-17-6-8-20-21(12-17)31-15-30-20)24(27)25-23(16(2)3)18-7-9-19-22(13-18)29-11-5-10-28-19/h6-9,12-13,16,23H,4-5,10-11,14-15H2,1-3H3,(H,25,27)/t23-/m0/s1.